The van der Waals surface area contributed by atoms with Gasteiger partial charge in [0.15, 0.2) is 5.75 Å². The SMILES string of the molecule is CC[S+](OC(=O)C(F)(F)F)c1ccc(SC)cc1. The largest absolute Gasteiger partial charge is 0.496 e. The lowest BCUT2D eigenvalue weighted by molar-refractivity contribution is -0.188. The summed E-state index contributed by atoms with van der Waals surface area (Å²) >= 11 is 0.370. The minimum atomic E-state index is -4.94. The van der Waals surface area contributed by atoms with Crippen molar-refractivity contribution < 1.29 is 22.1 Å². The molecule has 1 aromatic rings. The van der Waals surface area contributed by atoms with E-state index in [2.05, 4.69) is 4.18 Å². The number of hydrogen-bond donors (Lipinski definition) is 0. The zero-order valence-electron chi connectivity index (χ0n) is 9.78. The van der Waals surface area contributed by atoms with Gasteiger partial charge < -0.3 is 0 Å². The zero-order chi connectivity index (χ0) is 13.8. The molecule has 0 saturated heterocycles. The minimum Gasteiger partial charge on any atom is -0.235 e. The van der Waals surface area contributed by atoms with Gasteiger partial charge in [-0.25, -0.2) is 8.98 Å². The summed E-state index contributed by atoms with van der Waals surface area (Å²) in [5.41, 5.74) is 0. The van der Waals surface area contributed by atoms with E-state index in [-0.39, 0.29) is 0 Å². The fourth-order valence-corrected chi connectivity index (χ4v) is 2.81. The van der Waals surface area contributed by atoms with Crippen molar-refractivity contribution in [1.82, 2.24) is 0 Å². The van der Waals surface area contributed by atoms with Crippen LogP contribution in [-0.2, 0) is 20.2 Å². The molecule has 0 saturated carbocycles. The molecule has 0 aliphatic rings. The lowest BCUT2D eigenvalue weighted by atomic mass is 10.4. The molecule has 1 rings (SSSR count). The lowest BCUT2D eigenvalue weighted by Gasteiger charge is -2.06. The first-order valence-electron chi connectivity index (χ1n) is 5.03. The first kappa shape index (κ1) is 15.2. The van der Waals surface area contributed by atoms with Gasteiger partial charge in [-0.3, -0.25) is 0 Å². The number of benzene rings is 1. The van der Waals surface area contributed by atoms with E-state index < -0.39 is 23.3 Å². The number of alkyl halides is 3. The number of hydrogen-bond acceptors (Lipinski definition) is 3. The molecule has 1 unspecified atom stereocenters. The summed E-state index contributed by atoms with van der Waals surface area (Å²) in [6.45, 7) is 1.68. The summed E-state index contributed by atoms with van der Waals surface area (Å²) in [6, 6.07) is 6.94. The maximum atomic E-state index is 12.1. The smallest absolute Gasteiger partial charge is 0.235 e. The van der Waals surface area contributed by atoms with Gasteiger partial charge in [-0.05, 0) is 37.4 Å². The second-order valence-corrected chi connectivity index (χ2v) is 5.96. The summed E-state index contributed by atoms with van der Waals surface area (Å²) in [4.78, 5) is 12.4. The van der Waals surface area contributed by atoms with Gasteiger partial charge in [0, 0.05) is 4.90 Å². The fourth-order valence-electron chi connectivity index (χ4n) is 1.14. The molecule has 100 valence electrons. The van der Waals surface area contributed by atoms with E-state index in [0.717, 1.165) is 4.90 Å². The molecule has 0 fully saturated rings. The van der Waals surface area contributed by atoms with Crippen LogP contribution >= 0.6 is 11.8 Å². The molecular formula is C11H12F3O2S2+. The maximum Gasteiger partial charge on any atom is 0.496 e. The van der Waals surface area contributed by atoms with Gasteiger partial charge in [0.1, 0.15) is 0 Å². The average Bonchev–Trinajstić information content (AvgIpc) is 2.34. The maximum absolute atomic E-state index is 12.1. The monoisotopic (exact) mass is 297 g/mol. The van der Waals surface area contributed by atoms with E-state index in [4.69, 9.17) is 0 Å². The van der Waals surface area contributed by atoms with Crippen LogP contribution in [0.4, 0.5) is 13.2 Å². The molecule has 0 N–H and O–H groups in total. The first-order chi connectivity index (χ1) is 8.38. The summed E-state index contributed by atoms with van der Waals surface area (Å²) < 4.78 is 40.8. The second kappa shape index (κ2) is 6.38. The van der Waals surface area contributed by atoms with Crippen LogP contribution in [0.3, 0.4) is 0 Å². The van der Waals surface area contributed by atoms with Crippen LogP contribution in [0.5, 0.6) is 0 Å². The Kier molecular flexibility index (Phi) is 5.40. The van der Waals surface area contributed by atoms with Crippen molar-refractivity contribution >= 4 is 28.9 Å². The Morgan fingerprint density at radius 1 is 1.33 bits per heavy atom. The van der Waals surface area contributed by atoms with E-state index in [1.54, 1.807) is 31.2 Å². The van der Waals surface area contributed by atoms with Crippen LogP contribution < -0.4 is 0 Å². The molecular weight excluding hydrogens is 285 g/mol. The van der Waals surface area contributed by atoms with Gasteiger partial charge >= 0.3 is 12.1 Å². The van der Waals surface area contributed by atoms with Crippen molar-refractivity contribution in [3.05, 3.63) is 24.3 Å². The van der Waals surface area contributed by atoms with Crippen molar-refractivity contribution in [3.8, 4) is 0 Å². The summed E-state index contributed by atoms with van der Waals surface area (Å²) in [6.07, 6.45) is -3.04. The topological polar surface area (TPSA) is 26.3 Å². The van der Waals surface area contributed by atoms with Crippen molar-refractivity contribution in [2.45, 2.75) is 22.9 Å². The van der Waals surface area contributed by atoms with Crippen molar-refractivity contribution in [2.24, 2.45) is 0 Å². The Hall–Kier alpha value is -0.820. The van der Waals surface area contributed by atoms with Crippen molar-refractivity contribution in [2.75, 3.05) is 12.0 Å². The number of halogens is 3. The van der Waals surface area contributed by atoms with Crippen LogP contribution in [0.15, 0.2) is 34.1 Å². The normalized spacial score (nSPS) is 13.2. The molecule has 1 aromatic carbocycles. The van der Waals surface area contributed by atoms with E-state index in [1.165, 1.54) is 11.8 Å². The van der Waals surface area contributed by atoms with Crippen molar-refractivity contribution in [1.29, 1.82) is 0 Å². The molecule has 0 radical (unpaired) electrons. The third-order valence-electron chi connectivity index (χ3n) is 1.99. The molecule has 0 aliphatic carbocycles. The first-order valence-corrected chi connectivity index (χ1v) is 7.57. The predicted molar refractivity (Wildman–Crippen MR) is 66.5 cm³/mol. The minimum absolute atomic E-state index is 0.320. The highest BCUT2D eigenvalue weighted by atomic mass is 32.2. The predicted octanol–water partition coefficient (Wildman–Crippen LogP) is 3.43. The molecule has 0 spiro atoms. The third-order valence-corrected chi connectivity index (χ3v) is 4.41. The molecule has 1 atom stereocenters. The third kappa shape index (κ3) is 4.13. The van der Waals surface area contributed by atoms with Crippen molar-refractivity contribution in [3.63, 3.8) is 0 Å². The molecule has 0 amide bonds. The van der Waals surface area contributed by atoms with Gasteiger partial charge in [0.05, 0.1) is 0 Å². The van der Waals surface area contributed by atoms with Crippen LogP contribution in [0.25, 0.3) is 0 Å². The molecule has 7 heteroatoms. The summed E-state index contributed by atoms with van der Waals surface area (Å²) in [7, 11) is 0. The van der Waals surface area contributed by atoms with Gasteiger partial charge in [0.2, 0.25) is 16.1 Å². The van der Waals surface area contributed by atoms with E-state index in [0.29, 0.717) is 10.6 Å². The highest BCUT2D eigenvalue weighted by molar-refractivity contribution is 7.98. The van der Waals surface area contributed by atoms with Gasteiger partial charge in [0.25, 0.3) is 0 Å². The Morgan fingerprint density at radius 2 is 1.89 bits per heavy atom. The van der Waals surface area contributed by atoms with Gasteiger partial charge in [-0.1, -0.05) is 0 Å². The lowest BCUT2D eigenvalue weighted by Crippen LogP contribution is -2.29. The van der Waals surface area contributed by atoms with E-state index in [1.807, 2.05) is 6.26 Å². The standard InChI is InChI=1S/C11H12F3O2S2/c1-3-18(16-10(15)11(12,13)14)9-6-4-8(17-2)5-7-9/h4-7H,3H2,1-2H3/q+1. The highest BCUT2D eigenvalue weighted by Crippen LogP contribution is 2.24. The second-order valence-electron chi connectivity index (χ2n) is 3.18. The van der Waals surface area contributed by atoms with E-state index in [9.17, 15) is 18.0 Å². The number of carbonyl (C=O) groups is 1. The Balaban J connectivity index is 2.80. The quantitative estimate of drug-likeness (QED) is 0.629. The Bertz CT molecular complexity index is 404. The molecule has 18 heavy (non-hydrogen) atoms. The Morgan fingerprint density at radius 3 is 2.28 bits per heavy atom. The number of thioether (sulfide) groups is 1. The van der Waals surface area contributed by atoms with Crippen LogP contribution in [0.1, 0.15) is 6.92 Å². The summed E-state index contributed by atoms with van der Waals surface area (Å²) in [5.74, 6) is -1.82. The fraction of sp³-hybridized carbons (Fsp3) is 0.364. The molecule has 0 aliphatic heterocycles. The Labute approximate surface area is 110 Å². The molecule has 0 heterocycles. The van der Waals surface area contributed by atoms with Gasteiger partial charge in [-0.15, -0.1) is 11.8 Å². The van der Waals surface area contributed by atoms with Gasteiger partial charge in [-0.2, -0.15) is 13.2 Å². The van der Waals surface area contributed by atoms with Crippen LogP contribution in [-0.4, -0.2) is 24.2 Å². The molecule has 2 nitrogen and oxygen atoms in total. The highest BCUT2D eigenvalue weighted by Gasteiger charge is 2.46. The van der Waals surface area contributed by atoms with Crippen LogP contribution in [0.2, 0.25) is 0 Å². The number of rotatable bonds is 4. The average molecular weight is 297 g/mol. The van der Waals surface area contributed by atoms with E-state index >= 15 is 0 Å². The van der Waals surface area contributed by atoms with Crippen LogP contribution in [0, 0.1) is 0 Å². The zero-order valence-corrected chi connectivity index (χ0v) is 11.4. The molecule has 0 bridgehead atoms. The summed E-state index contributed by atoms with van der Waals surface area (Å²) in [5, 5.41) is 0. The number of carbonyl (C=O) groups excluding carboxylic acids is 1. The molecule has 0 aromatic heterocycles.